The summed E-state index contributed by atoms with van der Waals surface area (Å²) in [5, 5.41) is 9.30. The first-order valence-electron chi connectivity index (χ1n) is 11.3. The maximum absolute atomic E-state index is 11.3. The van der Waals surface area contributed by atoms with Gasteiger partial charge in [0, 0.05) is 23.5 Å². The zero-order chi connectivity index (χ0) is 22.6. The molecule has 0 aromatic carbocycles. The third kappa shape index (κ3) is 13.1. The maximum atomic E-state index is 11.3. The molecule has 0 saturated heterocycles. The minimum atomic E-state index is -0.933. The number of aromatic nitrogens is 1. The summed E-state index contributed by atoms with van der Waals surface area (Å²) >= 11 is 0. The molecule has 0 saturated carbocycles. The number of rotatable bonds is 15. The van der Waals surface area contributed by atoms with Crippen LogP contribution in [0.25, 0.3) is 5.57 Å². The van der Waals surface area contributed by atoms with Gasteiger partial charge in [-0.15, -0.1) is 0 Å². The Labute approximate surface area is 188 Å². The molecule has 0 fully saturated rings. The van der Waals surface area contributed by atoms with Gasteiger partial charge in [0.05, 0.1) is 0 Å². The van der Waals surface area contributed by atoms with Gasteiger partial charge >= 0.3 is 5.97 Å². The van der Waals surface area contributed by atoms with Crippen LogP contribution in [0, 0.1) is 0 Å². The summed E-state index contributed by atoms with van der Waals surface area (Å²) in [6, 6.07) is 3.65. The normalized spacial score (nSPS) is 13.4. The van der Waals surface area contributed by atoms with Crippen molar-refractivity contribution in [3.8, 4) is 0 Å². The van der Waals surface area contributed by atoms with E-state index in [0.29, 0.717) is 11.1 Å². The Morgan fingerprint density at radius 1 is 0.903 bits per heavy atom. The molecular weight excluding hydrogens is 382 g/mol. The molecule has 0 atom stereocenters. The number of pyridine rings is 1. The topological polar surface area (TPSA) is 50.2 Å². The first kappa shape index (κ1) is 26.1. The largest absolute Gasteiger partial charge is 0.478 e. The summed E-state index contributed by atoms with van der Waals surface area (Å²) in [6.45, 7) is 3.86. The van der Waals surface area contributed by atoms with Crippen LogP contribution in [0.15, 0.2) is 90.9 Å². The highest BCUT2D eigenvalue weighted by molar-refractivity contribution is 5.98. The molecule has 31 heavy (non-hydrogen) atoms. The first-order chi connectivity index (χ1) is 15.2. The quantitative estimate of drug-likeness (QED) is 0.179. The third-order valence-corrected chi connectivity index (χ3v) is 4.85. The van der Waals surface area contributed by atoms with Crippen molar-refractivity contribution >= 4 is 11.5 Å². The maximum Gasteiger partial charge on any atom is 0.331 e. The van der Waals surface area contributed by atoms with Crippen molar-refractivity contribution in [3.63, 3.8) is 0 Å². The summed E-state index contributed by atoms with van der Waals surface area (Å²) in [5.41, 5.74) is 1.73. The molecule has 1 rings (SSSR count). The monoisotopic (exact) mass is 419 g/mol. The molecule has 0 bridgehead atoms. The van der Waals surface area contributed by atoms with Gasteiger partial charge < -0.3 is 5.11 Å². The van der Waals surface area contributed by atoms with Crippen LogP contribution in [-0.4, -0.2) is 16.1 Å². The molecule has 3 heteroatoms. The molecule has 1 aromatic rings. The number of unbranched alkanes of at least 4 members (excludes halogenated alkanes) is 7. The van der Waals surface area contributed by atoms with Crippen LogP contribution in [0.5, 0.6) is 0 Å². The van der Waals surface area contributed by atoms with Crippen molar-refractivity contribution in [1.82, 2.24) is 4.98 Å². The first-order valence-corrected chi connectivity index (χ1v) is 11.3. The molecule has 1 aromatic heterocycles. The van der Waals surface area contributed by atoms with Gasteiger partial charge in [-0.2, -0.15) is 0 Å². The summed E-state index contributed by atoms with van der Waals surface area (Å²) in [7, 11) is 0. The van der Waals surface area contributed by atoms with Crippen molar-refractivity contribution in [2.75, 3.05) is 0 Å². The second-order valence-corrected chi connectivity index (χ2v) is 7.44. The zero-order valence-corrected chi connectivity index (χ0v) is 19.0. The lowest BCUT2D eigenvalue weighted by molar-refractivity contribution is -0.132. The van der Waals surface area contributed by atoms with Crippen LogP contribution in [-0.2, 0) is 4.79 Å². The van der Waals surface area contributed by atoms with Gasteiger partial charge in [0.1, 0.15) is 0 Å². The van der Waals surface area contributed by atoms with Crippen molar-refractivity contribution in [3.05, 3.63) is 96.4 Å². The number of carbonyl (C=O) groups is 1. The highest BCUT2D eigenvalue weighted by atomic mass is 16.4. The number of carboxylic acids is 1. The average molecular weight is 420 g/mol. The van der Waals surface area contributed by atoms with E-state index in [2.05, 4.69) is 24.1 Å². The lowest BCUT2D eigenvalue weighted by atomic mass is 10.0. The van der Waals surface area contributed by atoms with E-state index in [1.807, 2.05) is 48.6 Å². The fourth-order valence-corrected chi connectivity index (χ4v) is 3.01. The fraction of sp³-hybridized carbons (Fsp3) is 0.357. The van der Waals surface area contributed by atoms with E-state index in [-0.39, 0.29) is 0 Å². The predicted octanol–water partition coefficient (Wildman–Crippen LogP) is 7.86. The lowest BCUT2D eigenvalue weighted by Gasteiger charge is -2.04. The standard InChI is InChI=1S/C28H37NO2/c1-3-4-5-6-7-8-9-10-11-12-13-14-15-16-17-18-19-22-27(25(2)28(30)31)26-21-20-23-29-24-26/h11-24H,3-10H2,1-2H3,(H,30,31). The summed E-state index contributed by atoms with van der Waals surface area (Å²) in [6.07, 6.45) is 33.6. The fourth-order valence-electron chi connectivity index (χ4n) is 3.01. The number of hydrogen-bond donors (Lipinski definition) is 1. The molecule has 166 valence electrons. The molecule has 0 aliphatic heterocycles. The summed E-state index contributed by atoms with van der Waals surface area (Å²) < 4.78 is 0. The minimum absolute atomic E-state index is 0.291. The molecule has 0 amide bonds. The smallest absolute Gasteiger partial charge is 0.331 e. The van der Waals surface area contributed by atoms with Gasteiger partial charge in [0.2, 0.25) is 0 Å². The number of aliphatic carboxylic acids is 1. The molecule has 0 spiro atoms. The van der Waals surface area contributed by atoms with Gasteiger partial charge in [0.25, 0.3) is 0 Å². The molecular formula is C28H37NO2. The lowest BCUT2D eigenvalue weighted by Crippen LogP contribution is -2.00. The molecule has 3 nitrogen and oxygen atoms in total. The van der Waals surface area contributed by atoms with Crippen LogP contribution in [0.4, 0.5) is 0 Å². The SMILES string of the molecule is CCCCCCCCCC=CC=CC=CC=CC=CC(=C(C)C(=O)O)c1cccnc1. The van der Waals surface area contributed by atoms with Crippen LogP contribution >= 0.6 is 0 Å². The average Bonchev–Trinajstić information content (AvgIpc) is 2.78. The Kier molecular flexibility index (Phi) is 15.1. The molecule has 1 heterocycles. The van der Waals surface area contributed by atoms with E-state index in [4.69, 9.17) is 0 Å². The Bertz CT molecular complexity index is 796. The van der Waals surface area contributed by atoms with Gasteiger partial charge in [-0.25, -0.2) is 4.79 Å². The number of carboxylic acid groups (broad SMARTS) is 1. The van der Waals surface area contributed by atoms with Crippen LogP contribution < -0.4 is 0 Å². The van der Waals surface area contributed by atoms with E-state index in [0.717, 1.165) is 12.0 Å². The van der Waals surface area contributed by atoms with E-state index < -0.39 is 5.97 Å². The minimum Gasteiger partial charge on any atom is -0.478 e. The van der Waals surface area contributed by atoms with E-state index >= 15 is 0 Å². The summed E-state index contributed by atoms with van der Waals surface area (Å²) in [5.74, 6) is -0.933. The van der Waals surface area contributed by atoms with Crippen molar-refractivity contribution in [1.29, 1.82) is 0 Å². The number of allylic oxidation sites excluding steroid dienone is 11. The van der Waals surface area contributed by atoms with Crippen LogP contribution in [0.1, 0.15) is 70.8 Å². The number of nitrogens with zero attached hydrogens (tertiary/aromatic N) is 1. The highest BCUT2D eigenvalue weighted by Crippen LogP contribution is 2.19. The summed E-state index contributed by atoms with van der Waals surface area (Å²) in [4.78, 5) is 15.4. The molecule has 0 aliphatic rings. The van der Waals surface area contributed by atoms with Crippen LogP contribution in [0.3, 0.4) is 0 Å². The second kappa shape index (κ2) is 17.9. The zero-order valence-electron chi connectivity index (χ0n) is 19.0. The van der Waals surface area contributed by atoms with Gasteiger partial charge in [-0.05, 0) is 31.4 Å². The second-order valence-electron chi connectivity index (χ2n) is 7.44. The predicted molar refractivity (Wildman–Crippen MR) is 133 cm³/mol. The van der Waals surface area contributed by atoms with Crippen molar-refractivity contribution in [2.24, 2.45) is 0 Å². The van der Waals surface area contributed by atoms with Crippen LogP contribution in [0.2, 0.25) is 0 Å². The van der Waals surface area contributed by atoms with Gasteiger partial charge in [-0.3, -0.25) is 4.98 Å². The number of hydrogen-bond acceptors (Lipinski definition) is 2. The van der Waals surface area contributed by atoms with Gasteiger partial charge in [0.15, 0.2) is 0 Å². The Morgan fingerprint density at radius 3 is 2.13 bits per heavy atom. The molecule has 0 unspecified atom stereocenters. The Morgan fingerprint density at radius 2 is 1.52 bits per heavy atom. The van der Waals surface area contributed by atoms with E-state index in [9.17, 15) is 9.90 Å². The third-order valence-electron chi connectivity index (χ3n) is 4.85. The van der Waals surface area contributed by atoms with Crippen molar-refractivity contribution < 1.29 is 9.90 Å². The molecule has 1 N–H and O–H groups in total. The molecule has 0 aliphatic carbocycles. The van der Waals surface area contributed by atoms with E-state index in [1.165, 1.54) is 44.9 Å². The van der Waals surface area contributed by atoms with Crippen molar-refractivity contribution in [2.45, 2.75) is 65.2 Å². The Hall–Kier alpha value is -2.94. The van der Waals surface area contributed by atoms with E-state index in [1.54, 1.807) is 31.5 Å². The molecule has 0 radical (unpaired) electrons. The Balaban J connectivity index is 2.35. The highest BCUT2D eigenvalue weighted by Gasteiger charge is 2.08. The van der Waals surface area contributed by atoms with Gasteiger partial charge in [-0.1, -0.05) is 112 Å².